The average molecular weight is 444 g/mol. The first-order valence-corrected chi connectivity index (χ1v) is 12.2. The molecule has 1 aliphatic heterocycles. The Morgan fingerprint density at radius 2 is 1.71 bits per heavy atom. The number of hydrogen-bond donors (Lipinski definition) is 2. The fourth-order valence-electron chi connectivity index (χ4n) is 3.84. The summed E-state index contributed by atoms with van der Waals surface area (Å²) < 4.78 is 25.6. The van der Waals surface area contributed by atoms with Crippen molar-refractivity contribution >= 4 is 27.5 Å². The lowest BCUT2D eigenvalue weighted by atomic mass is 9.88. The quantitative estimate of drug-likeness (QED) is 0.718. The third kappa shape index (κ3) is 6.07. The van der Waals surface area contributed by atoms with E-state index in [1.165, 1.54) is 5.56 Å². The summed E-state index contributed by atoms with van der Waals surface area (Å²) in [5.41, 5.74) is 3.88. The lowest BCUT2D eigenvalue weighted by Crippen LogP contribution is -2.38. The molecule has 166 valence electrons. The van der Waals surface area contributed by atoms with Gasteiger partial charge in [0.25, 0.3) is 5.91 Å². The third-order valence-corrected chi connectivity index (χ3v) is 6.25. The van der Waals surface area contributed by atoms with E-state index in [0.717, 1.165) is 30.2 Å². The molecule has 0 aromatic heterocycles. The molecule has 8 heteroatoms. The molecule has 0 saturated carbocycles. The van der Waals surface area contributed by atoms with Gasteiger partial charge in [-0.15, -0.1) is 0 Å². The molecule has 2 aromatic carbocycles. The molecular weight excluding hydrogens is 414 g/mol. The predicted octanol–water partition coefficient (Wildman–Crippen LogP) is 2.67. The van der Waals surface area contributed by atoms with Crippen molar-refractivity contribution in [3.63, 3.8) is 0 Å². The SMILES string of the molecule is CNC(=O)Cc1ccc(C2CCN(C(=O)c3ccc(C)c(NS(C)(=O)=O)c3)CC2)cc1. The maximum atomic E-state index is 13.0. The Morgan fingerprint density at radius 3 is 2.29 bits per heavy atom. The molecule has 0 aliphatic carbocycles. The van der Waals surface area contributed by atoms with Gasteiger partial charge in [-0.25, -0.2) is 8.42 Å². The van der Waals surface area contributed by atoms with E-state index < -0.39 is 10.0 Å². The second-order valence-corrected chi connectivity index (χ2v) is 9.81. The topological polar surface area (TPSA) is 95.6 Å². The van der Waals surface area contributed by atoms with Gasteiger partial charge in [0.15, 0.2) is 0 Å². The van der Waals surface area contributed by atoms with Crippen molar-refractivity contribution in [2.24, 2.45) is 0 Å². The molecule has 2 aromatic rings. The number of amides is 2. The fraction of sp³-hybridized carbons (Fsp3) is 0.391. The van der Waals surface area contributed by atoms with Crippen LogP contribution in [0.1, 0.15) is 45.8 Å². The predicted molar refractivity (Wildman–Crippen MR) is 122 cm³/mol. The van der Waals surface area contributed by atoms with Crippen LogP contribution in [0.4, 0.5) is 5.69 Å². The first-order chi connectivity index (χ1) is 14.7. The van der Waals surface area contributed by atoms with Crippen LogP contribution in [0.3, 0.4) is 0 Å². The molecule has 1 aliphatic rings. The van der Waals surface area contributed by atoms with Crippen LogP contribution in [0.5, 0.6) is 0 Å². The lowest BCUT2D eigenvalue weighted by Gasteiger charge is -2.32. The highest BCUT2D eigenvalue weighted by Gasteiger charge is 2.25. The zero-order chi connectivity index (χ0) is 22.6. The Balaban J connectivity index is 1.62. The number of hydrogen-bond acceptors (Lipinski definition) is 4. The number of likely N-dealkylation sites (tertiary alicyclic amines) is 1. The van der Waals surface area contributed by atoms with Gasteiger partial charge in [0.2, 0.25) is 15.9 Å². The Kier molecular flexibility index (Phi) is 7.00. The summed E-state index contributed by atoms with van der Waals surface area (Å²) in [5, 5.41) is 2.63. The van der Waals surface area contributed by atoms with Gasteiger partial charge in [0.1, 0.15) is 0 Å². The van der Waals surface area contributed by atoms with Crippen molar-refractivity contribution < 1.29 is 18.0 Å². The highest BCUT2D eigenvalue weighted by atomic mass is 32.2. The molecule has 1 fully saturated rings. The standard InChI is InChI=1S/C23H29N3O4S/c1-16-4-7-20(15-21(16)25-31(3,29)30)23(28)26-12-10-19(11-13-26)18-8-5-17(6-9-18)14-22(27)24-2/h4-9,15,19,25H,10-14H2,1-3H3,(H,24,27). The van der Waals surface area contributed by atoms with E-state index in [0.29, 0.717) is 36.7 Å². The van der Waals surface area contributed by atoms with Gasteiger partial charge >= 0.3 is 0 Å². The Labute approximate surface area is 183 Å². The number of rotatable bonds is 6. The van der Waals surface area contributed by atoms with E-state index in [4.69, 9.17) is 0 Å². The molecule has 0 atom stereocenters. The van der Waals surface area contributed by atoms with Gasteiger partial charge in [0.05, 0.1) is 18.4 Å². The highest BCUT2D eigenvalue weighted by Crippen LogP contribution is 2.29. The number of carbonyl (C=O) groups is 2. The smallest absolute Gasteiger partial charge is 0.253 e. The van der Waals surface area contributed by atoms with E-state index in [2.05, 4.69) is 22.2 Å². The van der Waals surface area contributed by atoms with E-state index in [9.17, 15) is 18.0 Å². The minimum Gasteiger partial charge on any atom is -0.359 e. The van der Waals surface area contributed by atoms with Crippen LogP contribution in [-0.4, -0.2) is 51.5 Å². The minimum atomic E-state index is -3.41. The highest BCUT2D eigenvalue weighted by molar-refractivity contribution is 7.92. The molecule has 0 radical (unpaired) electrons. The van der Waals surface area contributed by atoms with Gasteiger partial charge < -0.3 is 10.2 Å². The first-order valence-electron chi connectivity index (χ1n) is 10.3. The molecule has 1 heterocycles. The number of carbonyl (C=O) groups excluding carboxylic acids is 2. The van der Waals surface area contributed by atoms with Crippen LogP contribution in [0.2, 0.25) is 0 Å². The summed E-state index contributed by atoms with van der Waals surface area (Å²) in [4.78, 5) is 26.3. The summed E-state index contributed by atoms with van der Waals surface area (Å²) in [6.45, 7) is 3.09. The maximum Gasteiger partial charge on any atom is 0.253 e. The molecule has 3 rings (SSSR count). The van der Waals surface area contributed by atoms with Crippen molar-refractivity contribution in [2.75, 3.05) is 31.1 Å². The van der Waals surface area contributed by atoms with E-state index in [1.54, 1.807) is 32.2 Å². The van der Waals surface area contributed by atoms with Crippen LogP contribution in [0, 0.1) is 6.92 Å². The summed E-state index contributed by atoms with van der Waals surface area (Å²) in [5.74, 6) is 0.278. The van der Waals surface area contributed by atoms with Crippen LogP contribution in [0.15, 0.2) is 42.5 Å². The van der Waals surface area contributed by atoms with Crippen LogP contribution >= 0.6 is 0 Å². The van der Waals surface area contributed by atoms with E-state index >= 15 is 0 Å². The Morgan fingerprint density at radius 1 is 1.06 bits per heavy atom. The number of sulfonamides is 1. The fourth-order valence-corrected chi connectivity index (χ4v) is 4.46. The van der Waals surface area contributed by atoms with Crippen molar-refractivity contribution in [2.45, 2.75) is 32.1 Å². The molecule has 0 bridgehead atoms. The molecular formula is C23H29N3O4S. The molecule has 0 spiro atoms. The number of nitrogens with one attached hydrogen (secondary N) is 2. The Bertz CT molecular complexity index is 1060. The van der Waals surface area contributed by atoms with Gasteiger partial charge in [-0.2, -0.15) is 0 Å². The molecule has 7 nitrogen and oxygen atoms in total. The zero-order valence-electron chi connectivity index (χ0n) is 18.1. The monoisotopic (exact) mass is 443 g/mol. The second kappa shape index (κ2) is 9.51. The largest absolute Gasteiger partial charge is 0.359 e. The summed E-state index contributed by atoms with van der Waals surface area (Å²) >= 11 is 0. The number of aryl methyl sites for hydroxylation is 1. The molecule has 1 saturated heterocycles. The van der Waals surface area contributed by atoms with Crippen molar-refractivity contribution in [3.8, 4) is 0 Å². The van der Waals surface area contributed by atoms with Crippen molar-refractivity contribution in [1.29, 1.82) is 0 Å². The van der Waals surface area contributed by atoms with Gasteiger partial charge in [-0.1, -0.05) is 30.3 Å². The number of anilines is 1. The zero-order valence-corrected chi connectivity index (χ0v) is 19.0. The van der Waals surface area contributed by atoms with Gasteiger partial charge in [-0.3, -0.25) is 14.3 Å². The van der Waals surface area contributed by atoms with Gasteiger partial charge in [-0.05, 0) is 54.5 Å². The van der Waals surface area contributed by atoms with Crippen LogP contribution in [0.25, 0.3) is 0 Å². The summed E-state index contributed by atoms with van der Waals surface area (Å²) in [6, 6.07) is 13.2. The molecule has 2 N–H and O–H groups in total. The van der Waals surface area contributed by atoms with Crippen molar-refractivity contribution in [3.05, 3.63) is 64.7 Å². The number of likely N-dealkylation sites (N-methyl/N-ethyl adjacent to an activating group) is 1. The van der Waals surface area contributed by atoms with Crippen molar-refractivity contribution in [1.82, 2.24) is 10.2 Å². The molecule has 2 amide bonds. The first kappa shape index (κ1) is 22.8. The van der Waals surface area contributed by atoms with E-state index in [-0.39, 0.29) is 11.8 Å². The second-order valence-electron chi connectivity index (χ2n) is 8.06. The maximum absolute atomic E-state index is 13.0. The number of nitrogens with zero attached hydrogens (tertiary/aromatic N) is 1. The number of benzene rings is 2. The minimum absolute atomic E-state index is 0.00873. The average Bonchev–Trinajstić information content (AvgIpc) is 2.74. The Hall–Kier alpha value is -2.87. The van der Waals surface area contributed by atoms with Gasteiger partial charge in [0, 0.05) is 25.7 Å². The molecule has 31 heavy (non-hydrogen) atoms. The van der Waals surface area contributed by atoms with E-state index in [1.807, 2.05) is 17.0 Å². The van der Waals surface area contributed by atoms with Crippen LogP contribution in [-0.2, 0) is 21.2 Å². The summed E-state index contributed by atoms with van der Waals surface area (Å²) in [7, 11) is -1.78. The van der Waals surface area contributed by atoms with Crippen LogP contribution < -0.4 is 10.0 Å². The normalized spacial score (nSPS) is 14.9. The molecule has 0 unspecified atom stereocenters. The third-order valence-electron chi connectivity index (χ3n) is 5.66. The lowest BCUT2D eigenvalue weighted by molar-refractivity contribution is -0.119. The number of piperidine rings is 1. The summed E-state index contributed by atoms with van der Waals surface area (Å²) in [6.07, 6.45) is 3.19.